The molecule has 0 aromatic rings. The first-order valence-corrected chi connectivity index (χ1v) is 5.14. The van der Waals surface area contributed by atoms with E-state index in [1.165, 1.54) is 4.90 Å². The molecule has 0 saturated carbocycles. The van der Waals surface area contributed by atoms with Crippen molar-refractivity contribution < 1.29 is 14.7 Å². The van der Waals surface area contributed by atoms with E-state index in [0.717, 1.165) is 0 Å². The summed E-state index contributed by atoms with van der Waals surface area (Å²) in [5.74, 6) is -0.969. The number of carboxylic acids is 1. The topological polar surface area (TPSA) is 83.6 Å². The number of carbonyl (C=O) groups is 2. The van der Waals surface area contributed by atoms with Crippen molar-refractivity contribution in [2.24, 2.45) is 11.7 Å². The Kier molecular flexibility index (Phi) is 5.93. The van der Waals surface area contributed by atoms with E-state index < -0.39 is 12.0 Å². The molecule has 0 aliphatic heterocycles. The van der Waals surface area contributed by atoms with E-state index in [1.807, 2.05) is 13.8 Å². The fourth-order valence-corrected chi connectivity index (χ4v) is 1.35. The number of aliphatic carboxylic acids is 1. The average molecular weight is 216 g/mol. The fraction of sp³-hybridized carbons (Fsp3) is 0.800. The molecule has 88 valence electrons. The number of nitrogens with zero attached hydrogens (tertiary/aromatic N) is 1. The number of amides is 1. The van der Waals surface area contributed by atoms with Gasteiger partial charge in [-0.15, -0.1) is 0 Å². The maximum atomic E-state index is 11.7. The van der Waals surface area contributed by atoms with Crippen LogP contribution < -0.4 is 5.73 Å². The number of hydrogen-bond donors (Lipinski definition) is 2. The van der Waals surface area contributed by atoms with Gasteiger partial charge in [-0.25, -0.2) is 0 Å². The Hall–Kier alpha value is -1.10. The van der Waals surface area contributed by atoms with Gasteiger partial charge in [0, 0.05) is 6.54 Å². The highest BCUT2D eigenvalue weighted by atomic mass is 16.4. The van der Waals surface area contributed by atoms with E-state index in [1.54, 1.807) is 6.92 Å². The average Bonchev–Trinajstić information content (AvgIpc) is 2.11. The molecule has 0 rings (SSSR count). The zero-order valence-corrected chi connectivity index (χ0v) is 9.56. The predicted octanol–water partition coefficient (Wildman–Crippen LogP) is 0.293. The van der Waals surface area contributed by atoms with Crippen LogP contribution in [0.1, 0.15) is 27.2 Å². The molecule has 1 amide bonds. The Morgan fingerprint density at radius 2 is 1.93 bits per heavy atom. The third kappa shape index (κ3) is 5.37. The molecule has 15 heavy (non-hydrogen) atoms. The lowest BCUT2D eigenvalue weighted by Crippen LogP contribution is -2.46. The van der Waals surface area contributed by atoms with E-state index >= 15 is 0 Å². The van der Waals surface area contributed by atoms with Crippen LogP contribution in [-0.4, -0.2) is 41.0 Å². The summed E-state index contributed by atoms with van der Waals surface area (Å²) in [7, 11) is 0. The van der Waals surface area contributed by atoms with Crippen LogP contribution in [0.15, 0.2) is 0 Å². The second kappa shape index (κ2) is 6.40. The van der Waals surface area contributed by atoms with Gasteiger partial charge in [0.2, 0.25) is 5.91 Å². The Bertz CT molecular complexity index is 229. The van der Waals surface area contributed by atoms with Gasteiger partial charge in [-0.05, 0) is 19.3 Å². The molecule has 5 nitrogen and oxygen atoms in total. The van der Waals surface area contributed by atoms with Gasteiger partial charge in [-0.1, -0.05) is 13.8 Å². The second-order valence-corrected chi connectivity index (χ2v) is 3.98. The van der Waals surface area contributed by atoms with Gasteiger partial charge < -0.3 is 15.7 Å². The third-order valence-electron chi connectivity index (χ3n) is 2.06. The van der Waals surface area contributed by atoms with E-state index in [-0.39, 0.29) is 12.5 Å². The highest BCUT2D eigenvalue weighted by Gasteiger charge is 2.22. The van der Waals surface area contributed by atoms with Crippen molar-refractivity contribution >= 4 is 11.9 Å². The minimum atomic E-state index is -1.01. The fourth-order valence-electron chi connectivity index (χ4n) is 1.35. The van der Waals surface area contributed by atoms with E-state index in [2.05, 4.69) is 0 Å². The zero-order chi connectivity index (χ0) is 12.0. The molecule has 1 atom stereocenters. The quantitative estimate of drug-likeness (QED) is 0.668. The minimum absolute atomic E-state index is 0.277. The third-order valence-corrected chi connectivity index (χ3v) is 2.06. The molecule has 3 N–H and O–H groups in total. The van der Waals surface area contributed by atoms with E-state index in [0.29, 0.717) is 18.9 Å². The molecule has 0 fully saturated rings. The summed E-state index contributed by atoms with van der Waals surface area (Å²) < 4.78 is 0. The highest BCUT2D eigenvalue weighted by molar-refractivity contribution is 5.85. The molecule has 0 radical (unpaired) electrons. The molecule has 0 aliphatic rings. The lowest BCUT2D eigenvalue weighted by Gasteiger charge is -2.23. The highest BCUT2D eigenvalue weighted by Crippen LogP contribution is 2.05. The molecule has 0 spiro atoms. The van der Waals surface area contributed by atoms with Crippen molar-refractivity contribution in [2.45, 2.75) is 33.2 Å². The smallest absolute Gasteiger partial charge is 0.323 e. The molecular formula is C10H20N2O3. The summed E-state index contributed by atoms with van der Waals surface area (Å²) in [5, 5.41) is 8.59. The van der Waals surface area contributed by atoms with Gasteiger partial charge in [-0.2, -0.15) is 0 Å². The number of rotatable bonds is 6. The summed E-state index contributed by atoms with van der Waals surface area (Å²) in [4.78, 5) is 23.4. The van der Waals surface area contributed by atoms with Gasteiger partial charge in [-0.3, -0.25) is 9.59 Å². The first-order valence-electron chi connectivity index (χ1n) is 5.14. The van der Waals surface area contributed by atoms with Crippen molar-refractivity contribution in [2.75, 3.05) is 13.1 Å². The Balaban J connectivity index is 4.30. The number of likely N-dealkylation sites (N-methyl/N-ethyl adjacent to an activating group) is 1. The molecule has 5 heteroatoms. The number of nitrogens with two attached hydrogens (primary N) is 1. The number of carboxylic acid groups (broad SMARTS) is 1. The van der Waals surface area contributed by atoms with Crippen LogP contribution in [0.3, 0.4) is 0 Å². The van der Waals surface area contributed by atoms with Crippen LogP contribution in [0.5, 0.6) is 0 Å². The van der Waals surface area contributed by atoms with Crippen molar-refractivity contribution in [3.63, 3.8) is 0 Å². The molecule has 0 aliphatic carbocycles. The Morgan fingerprint density at radius 1 is 1.40 bits per heavy atom. The van der Waals surface area contributed by atoms with Gasteiger partial charge in [0.1, 0.15) is 6.54 Å². The normalized spacial score (nSPS) is 12.6. The predicted molar refractivity (Wildman–Crippen MR) is 57.3 cm³/mol. The maximum Gasteiger partial charge on any atom is 0.323 e. The lowest BCUT2D eigenvalue weighted by molar-refractivity contribution is -0.145. The van der Waals surface area contributed by atoms with E-state index in [4.69, 9.17) is 10.8 Å². The zero-order valence-electron chi connectivity index (χ0n) is 9.56. The molecule has 0 aromatic heterocycles. The number of hydrogen-bond acceptors (Lipinski definition) is 3. The lowest BCUT2D eigenvalue weighted by atomic mass is 10.0. The van der Waals surface area contributed by atoms with Crippen molar-refractivity contribution in [1.82, 2.24) is 4.90 Å². The van der Waals surface area contributed by atoms with Crippen LogP contribution in [-0.2, 0) is 9.59 Å². The van der Waals surface area contributed by atoms with Crippen molar-refractivity contribution in [3.05, 3.63) is 0 Å². The SMILES string of the molecule is CCN(CC(=O)O)C(=O)[C@@H](N)CC(C)C. The molecule has 0 heterocycles. The molecule has 0 bridgehead atoms. The Morgan fingerprint density at radius 3 is 2.27 bits per heavy atom. The number of carbonyl (C=O) groups excluding carboxylic acids is 1. The van der Waals surface area contributed by atoms with Gasteiger partial charge in [0.25, 0.3) is 0 Å². The summed E-state index contributed by atoms with van der Waals surface area (Å²) in [5.41, 5.74) is 5.69. The van der Waals surface area contributed by atoms with Crippen LogP contribution in [0.25, 0.3) is 0 Å². The van der Waals surface area contributed by atoms with Crippen LogP contribution in [0.2, 0.25) is 0 Å². The first-order chi connectivity index (χ1) is 6.88. The van der Waals surface area contributed by atoms with Crippen LogP contribution >= 0.6 is 0 Å². The Labute approximate surface area is 90.2 Å². The standard InChI is InChI=1S/C10H20N2O3/c1-4-12(6-9(13)14)10(15)8(11)5-7(2)3/h7-8H,4-6,11H2,1-3H3,(H,13,14)/t8-/m0/s1. The van der Waals surface area contributed by atoms with Crippen LogP contribution in [0.4, 0.5) is 0 Å². The summed E-state index contributed by atoms with van der Waals surface area (Å²) in [6.07, 6.45) is 0.578. The van der Waals surface area contributed by atoms with Gasteiger partial charge >= 0.3 is 5.97 Å². The maximum absolute atomic E-state index is 11.7. The van der Waals surface area contributed by atoms with Crippen molar-refractivity contribution in [1.29, 1.82) is 0 Å². The van der Waals surface area contributed by atoms with Gasteiger partial charge in [0.15, 0.2) is 0 Å². The van der Waals surface area contributed by atoms with Crippen LogP contribution in [0, 0.1) is 5.92 Å². The molecular weight excluding hydrogens is 196 g/mol. The second-order valence-electron chi connectivity index (χ2n) is 3.98. The van der Waals surface area contributed by atoms with E-state index in [9.17, 15) is 9.59 Å². The summed E-state index contributed by atoms with van der Waals surface area (Å²) in [6, 6.07) is -0.593. The molecule has 0 unspecified atom stereocenters. The van der Waals surface area contributed by atoms with Gasteiger partial charge in [0.05, 0.1) is 6.04 Å². The largest absolute Gasteiger partial charge is 0.480 e. The summed E-state index contributed by atoms with van der Waals surface area (Å²) >= 11 is 0. The minimum Gasteiger partial charge on any atom is -0.480 e. The first kappa shape index (κ1) is 13.9. The van der Waals surface area contributed by atoms with Crippen molar-refractivity contribution in [3.8, 4) is 0 Å². The molecule has 0 saturated heterocycles. The summed E-state index contributed by atoms with van der Waals surface area (Å²) in [6.45, 7) is 5.78. The monoisotopic (exact) mass is 216 g/mol. The molecule has 0 aromatic carbocycles.